The van der Waals surface area contributed by atoms with Gasteiger partial charge in [-0.2, -0.15) is 0 Å². The molecule has 0 saturated heterocycles. The zero-order chi connectivity index (χ0) is 12.3. The topological polar surface area (TPSA) is 22.1 Å². The van der Waals surface area contributed by atoms with Gasteiger partial charge in [-0.25, -0.2) is 4.98 Å². The summed E-state index contributed by atoms with van der Waals surface area (Å²) in [6.45, 7) is 0.435. The van der Waals surface area contributed by atoms with Crippen molar-refractivity contribution in [3.63, 3.8) is 0 Å². The number of aromatic nitrogens is 1. The summed E-state index contributed by atoms with van der Waals surface area (Å²) in [5, 5.41) is 1.27. The van der Waals surface area contributed by atoms with Crippen LogP contribution >= 0.6 is 39.1 Å². The Bertz CT molecular complexity index is 516. The molecule has 0 atom stereocenters. The quantitative estimate of drug-likeness (QED) is 0.810. The molecular weight excluding hydrogens is 325 g/mol. The van der Waals surface area contributed by atoms with E-state index in [0.29, 0.717) is 22.5 Å². The second-order valence-electron chi connectivity index (χ2n) is 3.36. The molecule has 0 radical (unpaired) electrons. The molecule has 0 aliphatic heterocycles. The molecule has 0 amide bonds. The number of hydrogen-bond acceptors (Lipinski definition) is 2. The molecular formula is C12H8BrCl2NO. The predicted octanol–water partition coefficient (Wildman–Crippen LogP) is 4.73. The largest absolute Gasteiger partial charge is 0.472 e. The molecule has 2 nitrogen and oxygen atoms in total. The Kier molecular flexibility index (Phi) is 4.26. The van der Waals surface area contributed by atoms with Crippen LogP contribution in [0.5, 0.6) is 5.88 Å². The Hall–Kier alpha value is -0.770. The van der Waals surface area contributed by atoms with Crippen molar-refractivity contribution >= 4 is 39.1 Å². The Morgan fingerprint density at radius 1 is 1.12 bits per heavy atom. The minimum atomic E-state index is 0.435. The van der Waals surface area contributed by atoms with Gasteiger partial charge in [-0.3, -0.25) is 0 Å². The van der Waals surface area contributed by atoms with Gasteiger partial charge in [-0.15, -0.1) is 0 Å². The summed E-state index contributed by atoms with van der Waals surface area (Å²) in [5.74, 6) is 0.518. The minimum Gasteiger partial charge on any atom is -0.472 e. The summed E-state index contributed by atoms with van der Waals surface area (Å²) in [7, 11) is 0. The summed E-state index contributed by atoms with van der Waals surface area (Å²) in [6.07, 6.45) is 1.55. The predicted molar refractivity (Wildman–Crippen MR) is 72.7 cm³/mol. The monoisotopic (exact) mass is 331 g/mol. The van der Waals surface area contributed by atoms with Crippen molar-refractivity contribution in [1.29, 1.82) is 0 Å². The van der Waals surface area contributed by atoms with Crippen LogP contribution in [0.1, 0.15) is 5.56 Å². The maximum Gasteiger partial charge on any atom is 0.228 e. The van der Waals surface area contributed by atoms with Crippen molar-refractivity contribution in [3.05, 3.63) is 56.6 Å². The lowest BCUT2D eigenvalue weighted by molar-refractivity contribution is 0.292. The third kappa shape index (κ3) is 3.60. The lowest BCUT2D eigenvalue weighted by Crippen LogP contribution is -1.97. The molecule has 1 aromatic carbocycles. The summed E-state index contributed by atoms with van der Waals surface area (Å²) < 4.78 is 6.29. The van der Waals surface area contributed by atoms with Gasteiger partial charge in [0.1, 0.15) is 6.61 Å². The lowest BCUT2D eigenvalue weighted by atomic mass is 10.2. The fourth-order valence-corrected chi connectivity index (χ4v) is 2.12. The second-order valence-corrected chi connectivity index (χ2v) is 5.08. The van der Waals surface area contributed by atoms with Gasteiger partial charge in [-0.05, 0) is 39.7 Å². The highest BCUT2D eigenvalue weighted by atomic mass is 79.9. The molecule has 2 aromatic rings. The molecule has 5 heteroatoms. The Balaban J connectivity index is 2.04. The van der Waals surface area contributed by atoms with E-state index < -0.39 is 0 Å². The molecule has 0 fully saturated rings. The van der Waals surface area contributed by atoms with E-state index in [2.05, 4.69) is 20.9 Å². The van der Waals surface area contributed by atoms with Crippen LogP contribution in [-0.4, -0.2) is 4.98 Å². The first-order valence-electron chi connectivity index (χ1n) is 4.83. The smallest absolute Gasteiger partial charge is 0.228 e. The molecule has 0 bridgehead atoms. The van der Waals surface area contributed by atoms with Gasteiger partial charge in [0.05, 0.1) is 9.50 Å². The number of hydrogen-bond donors (Lipinski definition) is 0. The van der Waals surface area contributed by atoms with Crippen LogP contribution in [0, 0.1) is 0 Å². The second kappa shape index (κ2) is 5.71. The average Bonchev–Trinajstić information content (AvgIpc) is 2.30. The van der Waals surface area contributed by atoms with Gasteiger partial charge in [0.15, 0.2) is 0 Å². The van der Waals surface area contributed by atoms with Crippen molar-refractivity contribution in [2.45, 2.75) is 6.61 Å². The van der Waals surface area contributed by atoms with E-state index in [-0.39, 0.29) is 0 Å². The van der Waals surface area contributed by atoms with E-state index in [1.165, 1.54) is 0 Å². The number of rotatable bonds is 3. The van der Waals surface area contributed by atoms with E-state index in [1.54, 1.807) is 12.3 Å². The van der Waals surface area contributed by atoms with Crippen LogP contribution in [0.15, 0.2) is 41.0 Å². The summed E-state index contributed by atoms with van der Waals surface area (Å²) in [6, 6.07) is 9.21. The molecule has 17 heavy (non-hydrogen) atoms. The molecule has 0 aliphatic carbocycles. The van der Waals surface area contributed by atoms with E-state index in [1.807, 2.05) is 24.3 Å². The molecule has 88 valence electrons. The average molecular weight is 333 g/mol. The van der Waals surface area contributed by atoms with Crippen molar-refractivity contribution in [2.75, 3.05) is 0 Å². The van der Waals surface area contributed by atoms with Crippen LogP contribution in [-0.2, 0) is 6.61 Å². The fraction of sp³-hybridized carbons (Fsp3) is 0.0833. The van der Waals surface area contributed by atoms with Crippen molar-refractivity contribution in [1.82, 2.24) is 4.98 Å². The molecule has 0 saturated carbocycles. The highest BCUT2D eigenvalue weighted by Crippen LogP contribution is 2.25. The highest BCUT2D eigenvalue weighted by Gasteiger charge is 2.04. The number of benzene rings is 1. The first-order chi connectivity index (χ1) is 8.15. The number of nitrogens with zero attached hydrogens (tertiary/aromatic N) is 1. The van der Waals surface area contributed by atoms with E-state index >= 15 is 0 Å². The summed E-state index contributed by atoms with van der Waals surface area (Å²) in [4.78, 5) is 4.08. The maximum absolute atomic E-state index is 5.80. The fourth-order valence-electron chi connectivity index (χ4n) is 1.24. The first-order valence-corrected chi connectivity index (χ1v) is 6.38. The van der Waals surface area contributed by atoms with Crippen LogP contribution in [0.4, 0.5) is 0 Å². The standard InChI is InChI=1S/C12H8BrCl2NO/c13-11-5-10(15)6-16-12(11)17-7-8-1-3-9(14)4-2-8/h1-6H,7H2. The van der Waals surface area contributed by atoms with Crippen LogP contribution < -0.4 is 4.74 Å². The van der Waals surface area contributed by atoms with Gasteiger partial charge in [-0.1, -0.05) is 35.3 Å². The third-order valence-corrected chi connectivity index (χ3v) is 3.09. The van der Waals surface area contributed by atoms with Crippen molar-refractivity contribution < 1.29 is 4.74 Å². The first kappa shape index (κ1) is 12.7. The van der Waals surface area contributed by atoms with E-state index in [9.17, 15) is 0 Å². The molecule has 1 aromatic heterocycles. The van der Waals surface area contributed by atoms with Crippen LogP contribution in [0.2, 0.25) is 10.0 Å². The molecule has 2 rings (SSSR count). The normalized spacial score (nSPS) is 10.3. The van der Waals surface area contributed by atoms with Crippen molar-refractivity contribution in [2.24, 2.45) is 0 Å². The van der Waals surface area contributed by atoms with Crippen LogP contribution in [0.3, 0.4) is 0 Å². The molecule has 0 aliphatic rings. The zero-order valence-corrected chi connectivity index (χ0v) is 11.8. The van der Waals surface area contributed by atoms with Gasteiger partial charge in [0, 0.05) is 11.2 Å². The maximum atomic E-state index is 5.80. The minimum absolute atomic E-state index is 0.435. The number of pyridine rings is 1. The Morgan fingerprint density at radius 2 is 1.82 bits per heavy atom. The van der Waals surface area contributed by atoms with E-state index in [4.69, 9.17) is 27.9 Å². The van der Waals surface area contributed by atoms with Gasteiger partial charge < -0.3 is 4.74 Å². The van der Waals surface area contributed by atoms with E-state index in [0.717, 1.165) is 10.0 Å². The van der Waals surface area contributed by atoms with Gasteiger partial charge in [0.2, 0.25) is 5.88 Å². The molecule has 0 spiro atoms. The van der Waals surface area contributed by atoms with Crippen LogP contribution in [0.25, 0.3) is 0 Å². The number of ether oxygens (including phenoxy) is 1. The molecule has 0 unspecified atom stereocenters. The molecule has 0 N–H and O–H groups in total. The lowest BCUT2D eigenvalue weighted by Gasteiger charge is -2.07. The van der Waals surface area contributed by atoms with Crippen molar-refractivity contribution in [3.8, 4) is 5.88 Å². The Morgan fingerprint density at radius 3 is 2.47 bits per heavy atom. The van der Waals surface area contributed by atoms with Gasteiger partial charge in [0.25, 0.3) is 0 Å². The third-order valence-electron chi connectivity index (χ3n) is 2.06. The SMILES string of the molecule is Clc1ccc(COc2ncc(Cl)cc2Br)cc1. The Labute approximate surface area is 118 Å². The summed E-state index contributed by atoms with van der Waals surface area (Å²) >= 11 is 14.9. The summed E-state index contributed by atoms with van der Waals surface area (Å²) in [5.41, 5.74) is 1.03. The highest BCUT2D eigenvalue weighted by molar-refractivity contribution is 9.10. The number of halogens is 3. The zero-order valence-electron chi connectivity index (χ0n) is 8.66. The van der Waals surface area contributed by atoms with Gasteiger partial charge >= 0.3 is 0 Å². The molecule has 1 heterocycles.